The fourth-order valence-corrected chi connectivity index (χ4v) is 2.63. The Morgan fingerprint density at radius 3 is 2.95 bits per heavy atom. The number of aryl methyl sites for hydroxylation is 1. The van der Waals surface area contributed by atoms with E-state index in [1.807, 2.05) is 25.1 Å². The van der Waals surface area contributed by atoms with Crippen molar-refractivity contribution in [3.63, 3.8) is 0 Å². The van der Waals surface area contributed by atoms with Gasteiger partial charge in [0.15, 0.2) is 0 Å². The van der Waals surface area contributed by atoms with Crippen molar-refractivity contribution < 1.29 is 4.79 Å². The van der Waals surface area contributed by atoms with Crippen LogP contribution >= 0.6 is 0 Å². The van der Waals surface area contributed by atoms with Gasteiger partial charge in [0, 0.05) is 25.5 Å². The number of carbonyl (C=O) groups is 1. The molecule has 2 aromatic rings. The van der Waals surface area contributed by atoms with Crippen LogP contribution < -0.4 is 10.6 Å². The quantitative estimate of drug-likeness (QED) is 0.900. The van der Waals surface area contributed by atoms with Crippen molar-refractivity contribution in [1.29, 1.82) is 0 Å². The molecule has 1 atom stereocenters. The number of amides is 1. The van der Waals surface area contributed by atoms with Gasteiger partial charge in [-0.05, 0) is 41.7 Å². The first-order chi connectivity index (χ1) is 10.2. The lowest BCUT2D eigenvalue weighted by Gasteiger charge is -2.25. The van der Waals surface area contributed by atoms with Gasteiger partial charge in [-0.15, -0.1) is 0 Å². The normalized spacial score (nSPS) is 17.1. The van der Waals surface area contributed by atoms with Crippen LogP contribution in [0.15, 0.2) is 42.7 Å². The van der Waals surface area contributed by atoms with E-state index < -0.39 is 0 Å². The van der Waals surface area contributed by atoms with Crippen LogP contribution in [0.2, 0.25) is 0 Å². The van der Waals surface area contributed by atoms with E-state index in [4.69, 9.17) is 0 Å². The van der Waals surface area contributed by atoms with Gasteiger partial charge in [0.2, 0.25) is 5.91 Å². The monoisotopic (exact) mass is 281 g/mol. The van der Waals surface area contributed by atoms with Crippen LogP contribution in [0.25, 0.3) is 0 Å². The molecule has 4 nitrogen and oxygen atoms in total. The van der Waals surface area contributed by atoms with Crippen molar-refractivity contribution in [3.8, 4) is 0 Å². The minimum absolute atomic E-state index is 0.0488. The number of hydrogen-bond donors (Lipinski definition) is 2. The molecule has 0 saturated heterocycles. The van der Waals surface area contributed by atoms with Gasteiger partial charge >= 0.3 is 0 Å². The molecular weight excluding hydrogens is 262 g/mol. The molecule has 3 rings (SSSR count). The lowest BCUT2D eigenvalue weighted by atomic mass is 9.95. The highest BCUT2D eigenvalue weighted by atomic mass is 16.2. The van der Waals surface area contributed by atoms with Gasteiger partial charge in [-0.3, -0.25) is 9.78 Å². The Bertz CT molecular complexity index is 654. The van der Waals surface area contributed by atoms with Crippen molar-refractivity contribution in [3.05, 3.63) is 65.0 Å². The molecule has 1 aliphatic heterocycles. The zero-order valence-electron chi connectivity index (χ0n) is 12.1. The maximum absolute atomic E-state index is 12.3. The first kappa shape index (κ1) is 13.8. The Morgan fingerprint density at radius 2 is 2.14 bits per heavy atom. The fourth-order valence-electron chi connectivity index (χ4n) is 2.63. The second-order valence-corrected chi connectivity index (χ2v) is 5.43. The average molecular weight is 281 g/mol. The van der Waals surface area contributed by atoms with Gasteiger partial charge in [0.1, 0.15) is 0 Å². The highest BCUT2D eigenvalue weighted by molar-refractivity contribution is 5.82. The van der Waals surface area contributed by atoms with E-state index >= 15 is 0 Å². The maximum Gasteiger partial charge on any atom is 0.237 e. The second-order valence-electron chi connectivity index (χ2n) is 5.43. The molecule has 2 heterocycles. The molecule has 1 aromatic heterocycles. The molecule has 0 radical (unpaired) electrons. The van der Waals surface area contributed by atoms with Crippen LogP contribution in [-0.2, 0) is 24.3 Å². The lowest BCUT2D eigenvalue weighted by molar-refractivity contribution is -0.123. The third kappa shape index (κ3) is 3.11. The number of aromatic nitrogens is 1. The summed E-state index contributed by atoms with van der Waals surface area (Å²) < 4.78 is 0. The summed E-state index contributed by atoms with van der Waals surface area (Å²) in [6.07, 6.45) is 4.31. The van der Waals surface area contributed by atoms with Gasteiger partial charge in [0.05, 0.1) is 6.04 Å². The predicted octanol–water partition coefficient (Wildman–Crippen LogP) is 1.72. The molecule has 108 valence electrons. The van der Waals surface area contributed by atoms with E-state index in [1.165, 1.54) is 11.1 Å². The van der Waals surface area contributed by atoms with Crippen molar-refractivity contribution in [2.24, 2.45) is 0 Å². The van der Waals surface area contributed by atoms with E-state index in [-0.39, 0.29) is 11.9 Å². The van der Waals surface area contributed by atoms with Gasteiger partial charge in [-0.1, -0.05) is 24.3 Å². The third-order valence-electron chi connectivity index (χ3n) is 4.00. The largest absolute Gasteiger partial charge is 0.351 e. The number of nitrogens with zero attached hydrogens (tertiary/aromatic N) is 1. The highest BCUT2D eigenvalue weighted by Crippen LogP contribution is 2.16. The van der Waals surface area contributed by atoms with Crippen LogP contribution in [-0.4, -0.2) is 16.9 Å². The summed E-state index contributed by atoms with van der Waals surface area (Å²) in [6, 6.07) is 10.1. The van der Waals surface area contributed by atoms with Crippen LogP contribution in [0.1, 0.15) is 22.3 Å². The second kappa shape index (κ2) is 6.06. The number of rotatable bonds is 3. The topological polar surface area (TPSA) is 54.0 Å². The van der Waals surface area contributed by atoms with Crippen LogP contribution in [0.4, 0.5) is 0 Å². The summed E-state index contributed by atoms with van der Waals surface area (Å²) in [5.41, 5.74) is 4.74. The average Bonchev–Trinajstić information content (AvgIpc) is 2.53. The Labute approximate surface area is 124 Å². The van der Waals surface area contributed by atoms with E-state index in [1.54, 1.807) is 12.4 Å². The van der Waals surface area contributed by atoms with Crippen molar-refractivity contribution in [2.75, 3.05) is 0 Å². The van der Waals surface area contributed by atoms with Crippen molar-refractivity contribution in [2.45, 2.75) is 32.5 Å². The lowest BCUT2D eigenvalue weighted by Crippen LogP contribution is -2.47. The van der Waals surface area contributed by atoms with Gasteiger partial charge in [0.25, 0.3) is 0 Å². The molecule has 1 amide bonds. The number of benzene rings is 1. The number of carbonyl (C=O) groups excluding carboxylic acids is 1. The molecule has 0 aliphatic carbocycles. The summed E-state index contributed by atoms with van der Waals surface area (Å²) >= 11 is 0. The Balaban J connectivity index is 1.61. The molecule has 0 bridgehead atoms. The molecule has 1 aliphatic rings. The number of pyridine rings is 1. The minimum Gasteiger partial charge on any atom is -0.351 e. The Kier molecular flexibility index (Phi) is 3.97. The molecular formula is C17H19N3O. The molecule has 1 aromatic carbocycles. The van der Waals surface area contributed by atoms with E-state index in [2.05, 4.69) is 27.8 Å². The standard InChI is InChI=1S/C17H19N3O/c1-12-6-7-18-9-15(12)11-20-17(21)16-8-13-4-2-3-5-14(13)10-19-16/h2-7,9,16,19H,8,10-11H2,1H3,(H,20,21)/t16-/m0/s1. The maximum atomic E-state index is 12.3. The third-order valence-corrected chi connectivity index (χ3v) is 4.00. The fraction of sp³-hybridized carbons (Fsp3) is 0.294. The summed E-state index contributed by atoms with van der Waals surface area (Å²) in [5, 5.41) is 6.30. The zero-order chi connectivity index (χ0) is 14.7. The van der Waals surface area contributed by atoms with Crippen LogP contribution in [0.3, 0.4) is 0 Å². The minimum atomic E-state index is -0.156. The van der Waals surface area contributed by atoms with E-state index in [9.17, 15) is 4.79 Å². The summed E-state index contributed by atoms with van der Waals surface area (Å²) in [5.74, 6) is 0.0488. The SMILES string of the molecule is Cc1ccncc1CNC(=O)[C@@H]1Cc2ccccc2CN1. The molecule has 2 N–H and O–H groups in total. The summed E-state index contributed by atoms with van der Waals surface area (Å²) in [7, 11) is 0. The summed E-state index contributed by atoms with van der Waals surface area (Å²) in [4.78, 5) is 16.4. The van der Waals surface area contributed by atoms with Gasteiger partial charge < -0.3 is 10.6 Å². The Hall–Kier alpha value is -2.20. The molecule has 0 spiro atoms. The van der Waals surface area contributed by atoms with Crippen molar-refractivity contribution in [1.82, 2.24) is 15.6 Å². The first-order valence-corrected chi connectivity index (χ1v) is 7.21. The molecule has 0 fully saturated rings. The number of fused-ring (bicyclic) bond motifs is 1. The van der Waals surface area contributed by atoms with E-state index in [0.29, 0.717) is 6.54 Å². The predicted molar refractivity (Wildman–Crippen MR) is 81.6 cm³/mol. The number of nitrogens with one attached hydrogen (secondary N) is 2. The van der Waals surface area contributed by atoms with Crippen LogP contribution in [0.5, 0.6) is 0 Å². The molecule has 21 heavy (non-hydrogen) atoms. The van der Waals surface area contributed by atoms with Crippen LogP contribution in [0, 0.1) is 6.92 Å². The van der Waals surface area contributed by atoms with Crippen molar-refractivity contribution >= 4 is 5.91 Å². The smallest absolute Gasteiger partial charge is 0.237 e. The molecule has 0 unspecified atom stereocenters. The first-order valence-electron chi connectivity index (χ1n) is 7.21. The van der Waals surface area contributed by atoms with E-state index in [0.717, 1.165) is 24.1 Å². The van der Waals surface area contributed by atoms with Gasteiger partial charge in [-0.2, -0.15) is 0 Å². The molecule has 0 saturated carbocycles. The van der Waals surface area contributed by atoms with Gasteiger partial charge in [-0.25, -0.2) is 0 Å². The Morgan fingerprint density at radius 1 is 1.33 bits per heavy atom. The highest BCUT2D eigenvalue weighted by Gasteiger charge is 2.23. The summed E-state index contributed by atoms with van der Waals surface area (Å²) in [6.45, 7) is 3.30. The molecule has 4 heteroatoms. The zero-order valence-corrected chi connectivity index (χ0v) is 12.1. The number of hydrogen-bond acceptors (Lipinski definition) is 3.